The van der Waals surface area contributed by atoms with Gasteiger partial charge in [-0.1, -0.05) is 53.6 Å². The molecule has 36 heavy (non-hydrogen) atoms. The molecule has 1 N–H and O–H groups in total. The van der Waals surface area contributed by atoms with Crippen molar-refractivity contribution in [3.8, 4) is 11.5 Å². The van der Waals surface area contributed by atoms with Crippen LogP contribution < -0.4 is 14.8 Å². The van der Waals surface area contributed by atoms with Crippen molar-refractivity contribution in [3.63, 3.8) is 0 Å². The Hall–Kier alpha value is -3.36. The standard InChI is InChI=1S/C28H34N2O5S/c1-19-10-12-23(13-11-19)17-30(36(32,33)28-21(3)14-20(2)15-22(28)4)18-27(31)29-16-24-25(34-5)8-7-9-26(24)35-6/h7-15H,16-18H2,1-6H3,(H,29,31). The lowest BCUT2D eigenvalue weighted by molar-refractivity contribution is -0.121. The van der Waals surface area contributed by atoms with Crippen molar-refractivity contribution in [1.29, 1.82) is 0 Å². The summed E-state index contributed by atoms with van der Waals surface area (Å²) < 4.78 is 39.8. The fourth-order valence-electron chi connectivity index (χ4n) is 4.33. The van der Waals surface area contributed by atoms with Crippen LogP contribution in [-0.4, -0.2) is 39.4 Å². The van der Waals surface area contributed by atoms with Crippen LogP contribution in [0.15, 0.2) is 59.5 Å². The number of methoxy groups -OCH3 is 2. The minimum absolute atomic E-state index is 0.0702. The van der Waals surface area contributed by atoms with Crippen LogP contribution in [0.1, 0.15) is 33.4 Å². The summed E-state index contributed by atoms with van der Waals surface area (Å²) in [5.74, 6) is 0.718. The maximum Gasteiger partial charge on any atom is 0.244 e. The van der Waals surface area contributed by atoms with Gasteiger partial charge in [0, 0.05) is 6.54 Å². The number of nitrogens with zero attached hydrogens (tertiary/aromatic N) is 1. The molecule has 0 unspecified atom stereocenters. The molecule has 0 bridgehead atoms. The Morgan fingerprint density at radius 1 is 0.861 bits per heavy atom. The lowest BCUT2D eigenvalue weighted by Crippen LogP contribution is -2.40. The molecule has 0 spiro atoms. The number of sulfonamides is 1. The Morgan fingerprint density at radius 3 is 1.94 bits per heavy atom. The molecule has 0 radical (unpaired) electrons. The maximum atomic E-state index is 13.9. The van der Waals surface area contributed by atoms with Crippen LogP contribution in [0, 0.1) is 27.7 Å². The van der Waals surface area contributed by atoms with Gasteiger partial charge in [-0.05, 0) is 56.5 Å². The highest BCUT2D eigenvalue weighted by Gasteiger charge is 2.30. The lowest BCUT2D eigenvalue weighted by Gasteiger charge is -2.24. The summed E-state index contributed by atoms with van der Waals surface area (Å²) in [4.78, 5) is 13.3. The molecule has 3 aromatic carbocycles. The molecule has 0 heterocycles. The largest absolute Gasteiger partial charge is 0.496 e. The predicted molar refractivity (Wildman–Crippen MR) is 141 cm³/mol. The van der Waals surface area contributed by atoms with E-state index in [0.29, 0.717) is 28.2 Å². The van der Waals surface area contributed by atoms with Crippen molar-refractivity contribution in [3.05, 3.63) is 88.0 Å². The van der Waals surface area contributed by atoms with Gasteiger partial charge in [-0.25, -0.2) is 8.42 Å². The molecule has 7 nitrogen and oxygen atoms in total. The normalized spacial score (nSPS) is 11.4. The highest BCUT2D eigenvalue weighted by Crippen LogP contribution is 2.29. The van der Waals surface area contributed by atoms with Crippen LogP contribution in [0.25, 0.3) is 0 Å². The zero-order chi connectivity index (χ0) is 26.5. The third kappa shape index (κ3) is 6.25. The van der Waals surface area contributed by atoms with Crippen molar-refractivity contribution >= 4 is 15.9 Å². The van der Waals surface area contributed by atoms with E-state index in [1.807, 2.05) is 50.2 Å². The van der Waals surface area contributed by atoms with Gasteiger partial charge in [0.2, 0.25) is 15.9 Å². The minimum atomic E-state index is -3.97. The van der Waals surface area contributed by atoms with E-state index in [2.05, 4.69) is 5.32 Å². The van der Waals surface area contributed by atoms with E-state index < -0.39 is 15.9 Å². The average molecular weight is 511 g/mol. The Balaban J connectivity index is 1.91. The van der Waals surface area contributed by atoms with Gasteiger partial charge in [-0.3, -0.25) is 4.79 Å². The molecule has 0 aliphatic rings. The number of aryl methyl sites for hydroxylation is 4. The zero-order valence-corrected chi connectivity index (χ0v) is 22.5. The second-order valence-corrected chi connectivity index (χ2v) is 10.8. The summed E-state index contributed by atoms with van der Waals surface area (Å²) in [7, 11) is -0.880. The lowest BCUT2D eigenvalue weighted by atomic mass is 10.1. The van der Waals surface area contributed by atoms with E-state index in [4.69, 9.17) is 9.47 Å². The molecular formula is C28H34N2O5S. The van der Waals surface area contributed by atoms with Gasteiger partial charge < -0.3 is 14.8 Å². The van der Waals surface area contributed by atoms with Gasteiger partial charge in [0.25, 0.3) is 0 Å². The Morgan fingerprint density at radius 2 is 1.42 bits per heavy atom. The summed E-state index contributed by atoms with van der Waals surface area (Å²) in [5.41, 5.74) is 4.83. The Bertz CT molecular complexity index is 1290. The molecule has 0 aromatic heterocycles. The number of amides is 1. The van der Waals surface area contributed by atoms with E-state index in [-0.39, 0.29) is 24.5 Å². The second kappa shape index (κ2) is 11.6. The van der Waals surface area contributed by atoms with Crippen molar-refractivity contribution in [2.45, 2.75) is 45.7 Å². The zero-order valence-electron chi connectivity index (χ0n) is 21.7. The fraction of sp³-hybridized carbons (Fsp3) is 0.321. The first kappa shape index (κ1) is 27.2. The number of hydrogen-bond acceptors (Lipinski definition) is 5. The number of carbonyl (C=O) groups excluding carboxylic acids is 1. The Labute approximate surface area is 214 Å². The van der Waals surface area contributed by atoms with E-state index in [9.17, 15) is 13.2 Å². The summed E-state index contributed by atoms with van der Waals surface area (Å²) in [6, 6.07) is 16.7. The number of ether oxygens (including phenoxy) is 2. The van der Waals surface area contributed by atoms with Crippen molar-refractivity contribution < 1.29 is 22.7 Å². The molecule has 3 aromatic rings. The van der Waals surface area contributed by atoms with Crippen molar-refractivity contribution in [2.75, 3.05) is 20.8 Å². The van der Waals surface area contributed by atoms with Crippen LogP contribution in [0.3, 0.4) is 0 Å². The van der Waals surface area contributed by atoms with Gasteiger partial charge in [0.05, 0.1) is 37.8 Å². The minimum Gasteiger partial charge on any atom is -0.496 e. The Kier molecular flexibility index (Phi) is 8.76. The molecule has 0 saturated carbocycles. The summed E-state index contributed by atoms with van der Waals surface area (Å²) in [6.45, 7) is 7.33. The smallest absolute Gasteiger partial charge is 0.244 e. The van der Waals surface area contributed by atoms with E-state index in [1.54, 1.807) is 46.3 Å². The second-order valence-electron chi connectivity index (χ2n) is 8.90. The SMILES string of the molecule is COc1cccc(OC)c1CNC(=O)CN(Cc1ccc(C)cc1)S(=O)(=O)c1c(C)cc(C)cc1C. The summed E-state index contributed by atoms with van der Waals surface area (Å²) >= 11 is 0. The van der Waals surface area contributed by atoms with Crippen LogP contribution in [-0.2, 0) is 27.9 Å². The summed E-state index contributed by atoms with van der Waals surface area (Å²) in [5, 5.41) is 2.83. The summed E-state index contributed by atoms with van der Waals surface area (Å²) in [6.07, 6.45) is 0. The van der Waals surface area contributed by atoms with Gasteiger partial charge in [0.15, 0.2) is 0 Å². The molecule has 3 rings (SSSR count). The van der Waals surface area contributed by atoms with E-state index in [0.717, 1.165) is 16.7 Å². The van der Waals surface area contributed by atoms with Crippen molar-refractivity contribution in [1.82, 2.24) is 9.62 Å². The average Bonchev–Trinajstić information content (AvgIpc) is 2.82. The first-order chi connectivity index (χ1) is 17.1. The highest BCUT2D eigenvalue weighted by molar-refractivity contribution is 7.89. The molecule has 8 heteroatoms. The number of benzene rings is 3. The van der Waals surface area contributed by atoms with Crippen LogP contribution in [0.4, 0.5) is 0 Å². The van der Waals surface area contributed by atoms with E-state index >= 15 is 0 Å². The van der Waals surface area contributed by atoms with Gasteiger partial charge in [-0.2, -0.15) is 4.31 Å². The molecule has 0 aliphatic carbocycles. The first-order valence-electron chi connectivity index (χ1n) is 11.7. The van der Waals surface area contributed by atoms with Crippen molar-refractivity contribution in [2.24, 2.45) is 0 Å². The molecule has 192 valence electrons. The number of rotatable bonds is 10. The highest BCUT2D eigenvalue weighted by atomic mass is 32.2. The quantitative estimate of drug-likeness (QED) is 0.436. The molecule has 1 amide bonds. The number of carbonyl (C=O) groups is 1. The number of nitrogens with one attached hydrogen (secondary N) is 1. The predicted octanol–water partition coefficient (Wildman–Crippen LogP) is 4.44. The first-order valence-corrected chi connectivity index (χ1v) is 13.1. The molecule has 0 saturated heterocycles. The van der Waals surface area contributed by atoms with Gasteiger partial charge in [0.1, 0.15) is 11.5 Å². The fourth-order valence-corrected chi connectivity index (χ4v) is 6.13. The van der Waals surface area contributed by atoms with Crippen LogP contribution in [0.5, 0.6) is 11.5 Å². The maximum absolute atomic E-state index is 13.9. The molecule has 0 aliphatic heterocycles. The number of hydrogen-bond donors (Lipinski definition) is 1. The molecular weight excluding hydrogens is 476 g/mol. The van der Waals surface area contributed by atoms with Gasteiger partial charge in [-0.15, -0.1) is 0 Å². The monoisotopic (exact) mass is 510 g/mol. The van der Waals surface area contributed by atoms with Crippen LogP contribution >= 0.6 is 0 Å². The van der Waals surface area contributed by atoms with Gasteiger partial charge >= 0.3 is 0 Å². The molecule has 0 atom stereocenters. The third-order valence-corrected chi connectivity index (χ3v) is 8.09. The third-order valence-electron chi connectivity index (χ3n) is 5.99. The topological polar surface area (TPSA) is 84.9 Å². The van der Waals surface area contributed by atoms with Crippen LogP contribution in [0.2, 0.25) is 0 Å². The van der Waals surface area contributed by atoms with E-state index in [1.165, 1.54) is 4.31 Å². The molecule has 0 fully saturated rings.